The number of H-pyrrole nitrogens is 4. The fourth-order valence-electron chi connectivity index (χ4n) is 7.63. The highest BCUT2D eigenvalue weighted by molar-refractivity contribution is 5.87. The van der Waals surface area contributed by atoms with Crippen molar-refractivity contribution in [2.75, 3.05) is 54.4 Å². The van der Waals surface area contributed by atoms with Crippen molar-refractivity contribution in [2.45, 2.75) is 0 Å². The van der Waals surface area contributed by atoms with Crippen molar-refractivity contribution >= 4 is 22.3 Å². The van der Waals surface area contributed by atoms with Crippen molar-refractivity contribution in [1.29, 1.82) is 0 Å². The van der Waals surface area contributed by atoms with Crippen LogP contribution in [0.25, 0.3) is 22.3 Å². The van der Waals surface area contributed by atoms with Gasteiger partial charge in [0, 0.05) is 121 Å². The fraction of sp³-hybridized carbons (Fsp3) is 0.182. The minimum atomic E-state index is 0.846. The van der Waals surface area contributed by atoms with Crippen LogP contribution in [0.4, 0.5) is 0 Å². The number of rotatable bonds is 4. The molecule has 9 heterocycles. The van der Waals surface area contributed by atoms with Crippen molar-refractivity contribution in [2.24, 2.45) is 0 Å². The first-order chi connectivity index (χ1) is 25.4. The van der Waals surface area contributed by atoms with Crippen molar-refractivity contribution in [3.05, 3.63) is 188 Å². The smallest absolute Gasteiger partial charge is 0.0485 e. The summed E-state index contributed by atoms with van der Waals surface area (Å²) in [5.41, 5.74) is 13.6. The van der Waals surface area contributed by atoms with Gasteiger partial charge in [-0.05, 0) is 120 Å². The molecule has 0 radical (unpaired) electrons. The summed E-state index contributed by atoms with van der Waals surface area (Å²) in [5.74, 6) is 0. The van der Waals surface area contributed by atoms with Crippen molar-refractivity contribution < 1.29 is 0 Å². The predicted octanol–water partition coefficient (Wildman–Crippen LogP) is 3.65. The van der Waals surface area contributed by atoms with Gasteiger partial charge >= 0.3 is 0 Å². The van der Waals surface area contributed by atoms with Gasteiger partial charge in [0.25, 0.3) is 0 Å². The summed E-state index contributed by atoms with van der Waals surface area (Å²) in [6, 6.07) is 17.8. The number of nitrogens with one attached hydrogen (secondary N) is 4. The molecular formula is C44H44N8. The molecule has 260 valence electrons. The van der Waals surface area contributed by atoms with Gasteiger partial charge in [0.2, 0.25) is 0 Å². The highest BCUT2D eigenvalue weighted by Gasteiger charge is 2.21. The van der Waals surface area contributed by atoms with E-state index in [0.717, 1.165) is 92.6 Å². The summed E-state index contributed by atoms with van der Waals surface area (Å²) >= 11 is 0. The molecule has 4 aromatic heterocycles. The van der Waals surface area contributed by atoms with Crippen LogP contribution in [0.1, 0.15) is 22.8 Å². The molecule has 0 aliphatic carbocycles. The summed E-state index contributed by atoms with van der Waals surface area (Å²) in [5, 5.41) is 4.25. The van der Waals surface area contributed by atoms with Gasteiger partial charge in [-0.25, -0.2) is 0 Å². The van der Waals surface area contributed by atoms with Crippen molar-refractivity contribution in [3.63, 3.8) is 0 Å². The number of fused-ring (bicyclic) bond motifs is 8. The molecule has 9 rings (SSSR count). The molecule has 0 fully saturated rings. The van der Waals surface area contributed by atoms with Gasteiger partial charge in [-0.1, -0.05) is 24.3 Å². The zero-order valence-corrected chi connectivity index (χ0v) is 30.2. The second-order valence-corrected chi connectivity index (χ2v) is 14.3. The lowest BCUT2D eigenvalue weighted by molar-refractivity contribution is 0.503. The number of likely N-dealkylation sites (N-methyl/N-ethyl adjacent to an activating group) is 4. The van der Waals surface area contributed by atoms with E-state index in [-0.39, 0.29) is 0 Å². The van der Waals surface area contributed by atoms with Crippen LogP contribution in [0.2, 0.25) is 0 Å². The van der Waals surface area contributed by atoms with Crippen molar-refractivity contribution in [1.82, 2.24) is 39.5 Å². The van der Waals surface area contributed by atoms with E-state index in [0.29, 0.717) is 0 Å². The average Bonchev–Trinajstić information content (AvgIpc) is 3.99. The molecule has 0 aromatic carbocycles. The van der Waals surface area contributed by atoms with Gasteiger partial charge in [0.05, 0.1) is 0 Å². The van der Waals surface area contributed by atoms with E-state index >= 15 is 0 Å². The minimum Gasteiger partial charge on any atom is -0.377 e. The van der Waals surface area contributed by atoms with E-state index in [1.54, 1.807) is 0 Å². The normalized spacial score (nSPS) is 18.7. The van der Waals surface area contributed by atoms with E-state index in [2.05, 4.69) is 190 Å². The van der Waals surface area contributed by atoms with Crippen LogP contribution in [0.5, 0.6) is 0 Å². The molecule has 0 amide bonds. The molecule has 8 heteroatoms. The summed E-state index contributed by atoms with van der Waals surface area (Å²) in [6.45, 7) is 3.38. The van der Waals surface area contributed by atoms with Crippen LogP contribution >= 0.6 is 0 Å². The van der Waals surface area contributed by atoms with E-state index < -0.39 is 0 Å². The SMILES string of the molecule is CN1C=CC(C2=c3ccc([nH]3)=C(C3=CCN(C)C=C3)c3ccc([nH]3)C(C3=CCN(C)C=C3)=c3ccc([nH]3)=C(C3=CCN(C)C=C3)c3ccc2[nH]3)=CC1. The van der Waals surface area contributed by atoms with Crippen LogP contribution in [0.3, 0.4) is 0 Å². The Hall–Kier alpha value is -6.28. The molecule has 8 bridgehead atoms. The predicted molar refractivity (Wildman–Crippen MR) is 211 cm³/mol. The monoisotopic (exact) mass is 684 g/mol. The third-order valence-electron chi connectivity index (χ3n) is 10.5. The van der Waals surface area contributed by atoms with Gasteiger partial charge in [0.1, 0.15) is 0 Å². The molecule has 52 heavy (non-hydrogen) atoms. The average molecular weight is 685 g/mol. The summed E-state index contributed by atoms with van der Waals surface area (Å²) in [7, 11) is 8.44. The van der Waals surface area contributed by atoms with Gasteiger partial charge in [-0.2, -0.15) is 0 Å². The first kappa shape index (κ1) is 31.7. The Morgan fingerprint density at radius 3 is 0.808 bits per heavy atom. The molecule has 0 saturated heterocycles. The Bertz CT molecular complexity index is 2240. The van der Waals surface area contributed by atoms with E-state index in [1.807, 2.05) is 0 Å². The van der Waals surface area contributed by atoms with Gasteiger partial charge in [-0.3, -0.25) is 0 Å². The van der Waals surface area contributed by atoms with Crippen LogP contribution < -0.4 is 21.4 Å². The van der Waals surface area contributed by atoms with Gasteiger partial charge in [-0.15, -0.1) is 0 Å². The first-order valence-electron chi connectivity index (χ1n) is 18.0. The molecule has 0 atom stereocenters. The molecule has 5 aliphatic heterocycles. The van der Waals surface area contributed by atoms with Crippen molar-refractivity contribution in [3.8, 4) is 0 Å². The minimum absolute atomic E-state index is 0.846. The van der Waals surface area contributed by atoms with Gasteiger partial charge in [0.15, 0.2) is 0 Å². The quantitative estimate of drug-likeness (QED) is 0.265. The lowest BCUT2D eigenvalue weighted by Gasteiger charge is -2.20. The number of nitrogens with zero attached hydrogens (tertiary/aromatic N) is 4. The third-order valence-corrected chi connectivity index (χ3v) is 10.5. The standard InChI is InChI=1S/C44H44N8/c1-49-21-13-29(14-22-49)41-33-5-7-35(45-33)42(30-15-23-50(2)24-16-30)37-9-11-39(47-37)44(32-19-27-52(4)28-20-32)40-12-10-38(48-40)43(36-8-6-34(41)46-36)31-17-25-51(3)26-18-31/h5-21,23,25,27,45-48H,22,24,26,28H2,1-4H3. The van der Waals surface area contributed by atoms with E-state index in [4.69, 9.17) is 0 Å². The highest BCUT2D eigenvalue weighted by Crippen LogP contribution is 2.30. The first-order valence-corrected chi connectivity index (χ1v) is 18.0. The maximum atomic E-state index is 3.90. The zero-order chi connectivity index (χ0) is 35.3. The van der Waals surface area contributed by atoms with Crippen LogP contribution in [-0.4, -0.2) is 93.9 Å². The number of aromatic amines is 4. The number of hydrogen-bond donors (Lipinski definition) is 4. The number of aromatic nitrogens is 4. The molecular weight excluding hydrogens is 641 g/mol. The summed E-state index contributed by atoms with van der Waals surface area (Å²) in [6.07, 6.45) is 26.8. The largest absolute Gasteiger partial charge is 0.377 e. The second kappa shape index (κ2) is 12.8. The third kappa shape index (κ3) is 5.76. The molecule has 0 unspecified atom stereocenters. The molecule has 4 N–H and O–H groups in total. The Balaban J connectivity index is 1.38. The Labute approximate surface area is 303 Å². The maximum absolute atomic E-state index is 3.90. The molecule has 0 saturated carbocycles. The lowest BCUT2D eigenvalue weighted by Crippen LogP contribution is -2.22. The van der Waals surface area contributed by atoms with Crippen LogP contribution in [0.15, 0.2) is 144 Å². The molecule has 0 spiro atoms. The Kier molecular flexibility index (Phi) is 7.80. The van der Waals surface area contributed by atoms with E-state index in [9.17, 15) is 0 Å². The molecule has 8 nitrogen and oxygen atoms in total. The number of hydrogen-bond acceptors (Lipinski definition) is 4. The van der Waals surface area contributed by atoms with Gasteiger partial charge < -0.3 is 39.5 Å². The number of allylic oxidation sites excluding steroid dienone is 8. The summed E-state index contributed by atoms with van der Waals surface area (Å²) in [4.78, 5) is 24.4. The van der Waals surface area contributed by atoms with Crippen LogP contribution in [-0.2, 0) is 0 Å². The topological polar surface area (TPSA) is 76.1 Å². The lowest BCUT2D eigenvalue weighted by atomic mass is 10.0. The van der Waals surface area contributed by atoms with E-state index in [1.165, 1.54) is 22.3 Å². The Morgan fingerprint density at radius 1 is 0.346 bits per heavy atom. The molecule has 4 aromatic rings. The second-order valence-electron chi connectivity index (χ2n) is 14.3. The highest BCUT2D eigenvalue weighted by atomic mass is 15.1. The van der Waals surface area contributed by atoms with Crippen LogP contribution in [0, 0.1) is 0 Å². The fourth-order valence-corrected chi connectivity index (χ4v) is 7.63. The Morgan fingerprint density at radius 2 is 0.596 bits per heavy atom. The summed E-state index contributed by atoms with van der Waals surface area (Å²) < 4.78 is 0. The molecule has 5 aliphatic rings. The maximum Gasteiger partial charge on any atom is 0.0485 e. The zero-order valence-electron chi connectivity index (χ0n) is 30.2.